The van der Waals surface area contributed by atoms with Gasteiger partial charge >= 0.3 is 0 Å². The highest BCUT2D eigenvalue weighted by molar-refractivity contribution is 5.82. The molecule has 1 saturated carbocycles. The van der Waals surface area contributed by atoms with Gasteiger partial charge in [0.25, 0.3) is 0 Å². The fraction of sp³-hybridized carbons (Fsp3) is 0.938. The van der Waals surface area contributed by atoms with Crippen LogP contribution in [-0.4, -0.2) is 24.0 Å². The third-order valence-corrected chi connectivity index (χ3v) is 5.04. The highest BCUT2D eigenvalue weighted by Gasteiger charge is 2.34. The molecule has 0 aromatic heterocycles. The van der Waals surface area contributed by atoms with E-state index >= 15 is 0 Å². The Balaban J connectivity index is 1.86. The van der Waals surface area contributed by atoms with Gasteiger partial charge in [-0.15, -0.1) is 0 Å². The van der Waals surface area contributed by atoms with Gasteiger partial charge in [0.05, 0.1) is 6.04 Å². The smallest absolute Gasteiger partial charge is 0.237 e. The van der Waals surface area contributed by atoms with Crippen LogP contribution in [0, 0.1) is 11.8 Å². The highest BCUT2D eigenvalue weighted by Crippen LogP contribution is 2.32. The second kappa shape index (κ2) is 6.74. The van der Waals surface area contributed by atoms with Gasteiger partial charge in [-0.2, -0.15) is 0 Å². The highest BCUT2D eigenvalue weighted by atomic mass is 16.2. The van der Waals surface area contributed by atoms with Crippen molar-refractivity contribution < 1.29 is 4.79 Å². The molecule has 0 aromatic carbocycles. The van der Waals surface area contributed by atoms with Crippen LogP contribution < -0.4 is 10.6 Å². The Morgan fingerprint density at radius 1 is 1.21 bits per heavy atom. The fourth-order valence-corrected chi connectivity index (χ4v) is 3.73. The number of hydrogen-bond donors (Lipinski definition) is 2. The number of carbonyl (C=O) groups excluding carboxylic acids is 1. The van der Waals surface area contributed by atoms with Gasteiger partial charge in [-0.3, -0.25) is 4.79 Å². The second-order valence-corrected chi connectivity index (χ2v) is 6.71. The minimum atomic E-state index is 0.0483. The monoisotopic (exact) mass is 266 g/mol. The van der Waals surface area contributed by atoms with Gasteiger partial charge in [0.2, 0.25) is 5.91 Å². The summed E-state index contributed by atoms with van der Waals surface area (Å²) in [6.07, 6.45) is 8.58. The van der Waals surface area contributed by atoms with Crippen LogP contribution in [-0.2, 0) is 4.79 Å². The maximum absolute atomic E-state index is 12.4. The van der Waals surface area contributed by atoms with Crippen molar-refractivity contribution in [1.82, 2.24) is 10.6 Å². The molecule has 0 aromatic rings. The van der Waals surface area contributed by atoms with Crippen molar-refractivity contribution in [2.45, 2.75) is 83.8 Å². The predicted molar refractivity (Wildman–Crippen MR) is 79.0 cm³/mol. The summed E-state index contributed by atoms with van der Waals surface area (Å²) in [6.45, 7) is 6.51. The summed E-state index contributed by atoms with van der Waals surface area (Å²) in [6, 6.07) is 0.961. The zero-order chi connectivity index (χ0) is 13.8. The molecule has 3 heteroatoms. The lowest BCUT2D eigenvalue weighted by atomic mass is 9.77. The van der Waals surface area contributed by atoms with E-state index in [1.165, 1.54) is 32.1 Å². The molecule has 1 amide bonds. The third-order valence-electron chi connectivity index (χ3n) is 5.04. The Morgan fingerprint density at radius 3 is 2.63 bits per heavy atom. The van der Waals surface area contributed by atoms with Crippen LogP contribution in [0.1, 0.15) is 65.7 Å². The average molecular weight is 266 g/mol. The molecule has 1 aliphatic carbocycles. The summed E-state index contributed by atoms with van der Waals surface area (Å²) in [5.41, 5.74) is 0. The number of fused-ring (bicyclic) bond motifs is 1. The summed E-state index contributed by atoms with van der Waals surface area (Å²) < 4.78 is 0. The van der Waals surface area contributed by atoms with Crippen molar-refractivity contribution in [3.05, 3.63) is 0 Å². The number of amides is 1. The molecule has 2 N–H and O–H groups in total. The molecule has 3 nitrogen and oxygen atoms in total. The summed E-state index contributed by atoms with van der Waals surface area (Å²) in [5, 5.41) is 6.84. The van der Waals surface area contributed by atoms with Crippen molar-refractivity contribution in [2.24, 2.45) is 11.8 Å². The molecule has 0 bridgehead atoms. The fourth-order valence-electron chi connectivity index (χ4n) is 3.73. The van der Waals surface area contributed by atoms with Gasteiger partial charge < -0.3 is 10.6 Å². The lowest BCUT2D eigenvalue weighted by molar-refractivity contribution is -0.125. The lowest BCUT2D eigenvalue weighted by Crippen LogP contribution is -2.56. The van der Waals surface area contributed by atoms with Crippen LogP contribution in [0.15, 0.2) is 0 Å². The van der Waals surface area contributed by atoms with E-state index in [0.29, 0.717) is 18.0 Å². The van der Waals surface area contributed by atoms with Gasteiger partial charge in [0, 0.05) is 12.1 Å². The molecule has 19 heavy (non-hydrogen) atoms. The van der Waals surface area contributed by atoms with Crippen molar-refractivity contribution in [1.29, 1.82) is 0 Å². The van der Waals surface area contributed by atoms with Crippen LogP contribution in [0.5, 0.6) is 0 Å². The first-order valence-corrected chi connectivity index (χ1v) is 8.18. The molecule has 1 aliphatic heterocycles. The summed E-state index contributed by atoms with van der Waals surface area (Å²) >= 11 is 0. The molecule has 1 heterocycles. The van der Waals surface area contributed by atoms with E-state index in [1.807, 2.05) is 0 Å². The zero-order valence-electron chi connectivity index (χ0n) is 12.7. The number of rotatable bonds is 4. The molecule has 1 saturated heterocycles. The summed E-state index contributed by atoms with van der Waals surface area (Å²) in [5.74, 6) is 1.56. The Hall–Kier alpha value is -0.570. The Kier molecular flexibility index (Phi) is 5.26. The summed E-state index contributed by atoms with van der Waals surface area (Å²) in [7, 11) is 0. The Morgan fingerprint density at radius 2 is 1.95 bits per heavy atom. The molecule has 4 unspecified atom stereocenters. The standard InChI is InChI=1S/C16H30N2O/c1-4-13(11(2)3)18-16(19)15-10-9-12-7-5-6-8-14(12)17-15/h11-15,17H,4-10H2,1-3H3,(H,18,19). The largest absolute Gasteiger partial charge is 0.352 e. The topological polar surface area (TPSA) is 41.1 Å². The zero-order valence-corrected chi connectivity index (χ0v) is 12.7. The first-order valence-electron chi connectivity index (χ1n) is 8.18. The SMILES string of the molecule is CCC(NC(=O)C1CCC2CCCCC2N1)C(C)C. The third kappa shape index (κ3) is 3.71. The van der Waals surface area contributed by atoms with Gasteiger partial charge in [-0.25, -0.2) is 0 Å². The molecule has 2 rings (SSSR count). The molecule has 2 fully saturated rings. The maximum Gasteiger partial charge on any atom is 0.237 e. The van der Waals surface area contributed by atoms with Gasteiger partial charge in [0.1, 0.15) is 0 Å². The minimum absolute atomic E-state index is 0.0483. The minimum Gasteiger partial charge on any atom is -0.352 e. The van der Waals surface area contributed by atoms with E-state index in [2.05, 4.69) is 31.4 Å². The number of nitrogens with one attached hydrogen (secondary N) is 2. The van der Waals surface area contributed by atoms with Crippen molar-refractivity contribution >= 4 is 5.91 Å². The second-order valence-electron chi connectivity index (χ2n) is 6.71. The number of carbonyl (C=O) groups is 1. The van der Waals surface area contributed by atoms with E-state index in [4.69, 9.17) is 0 Å². The van der Waals surface area contributed by atoms with Gasteiger partial charge in [-0.05, 0) is 43.9 Å². The van der Waals surface area contributed by atoms with Crippen LogP contribution in [0.4, 0.5) is 0 Å². The van der Waals surface area contributed by atoms with Gasteiger partial charge in [0.15, 0.2) is 0 Å². The van der Waals surface area contributed by atoms with Gasteiger partial charge in [-0.1, -0.05) is 33.6 Å². The van der Waals surface area contributed by atoms with Crippen LogP contribution in [0.3, 0.4) is 0 Å². The van der Waals surface area contributed by atoms with Crippen molar-refractivity contribution in [2.75, 3.05) is 0 Å². The van der Waals surface area contributed by atoms with E-state index < -0.39 is 0 Å². The molecule has 2 aliphatic rings. The first kappa shape index (κ1) is 14.8. The normalized spacial score (nSPS) is 32.7. The lowest BCUT2D eigenvalue weighted by Gasteiger charge is -2.40. The summed E-state index contributed by atoms with van der Waals surface area (Å²) in [4.78, 5) is 12.4. The first-order chi connectivity index (χ1) is 9.11. The van der Waals surface area contributed by atoms with Crippen LogP contribution in [0.2, 0.25) is 0 Å². The molecule has 110 valence electrons. The number of piperidine rings is 1. The predicted octanol–water partition coefficient (Wildman–Crippen LogP) is 2.85. The quantitative estimate of drug-likeness (QED) is 0.821. The molecular weight excluding hydrogens is 236 g/mol. The van der Waals surface area contributed by atoms with Crippen LogP contribution >= 0.6 is 0 Å². The molecular formula is C16H30N2O. The molecule has 0 spiro atoms. The van der Waals surface area contributed by atoms with E-state index in [-0.39, 0.29) is 11.9 Å². The average Bonchev–Trinajstić information content (AvgIpc) is 2.43. The Labute approximate surface area is 117 Å². The van der Waals surface area contributed by atoms with E-state index in [9.17, 15) is 4.79 Å². The Bertz CT molecular complexity index is 303. The maximum atomic E-state index is 12.4. The van der Waals surface area contributed by atoms with Crippen LogP contribution in [0.25, 0.3) is 0 Å². The molecule has 4 atom stereocenters. The molecule has 0 radical (unpaired) electrons. The number of hydrogen-bond acceptors (Lipinski definition) is 2. The van der Waals surface area contributed by atoms with E-state index in [1.54, 1.807) is 0 Å². The van der Waals surface area contributed by atoms with Crippen molar-refractivity contribution in [3.8, 4) is 0 Å². The van der Waals surface area contributed by atoms with E-state index in [0.717, 1.165) is 18.8 Å². The van der Waals surface area contributed by atoms with Crippen molar-refractivity contribution in [3.63, 3.8) is 0 Å².